The zero-order valence-corrected chi connectivity index (χ0v) is 15.2. The number of likely N-dealkylation sites (tertiary alicyclic amines) is 2. The Kier molecular flexibility index (Phi) is 5.59. The van der Waals surface area contributed by atoms with Crippen LogP contribution in [0.3, 0.4) is 0 Å². The zero-order valence-electron chi connectivity index (χ0n) is 15.2. The van der Waals surface area contributed by atoms with Gasteiger partial charge in [-0.3, -0.25) is 9.59 Å². The van der Waals surface area contributed by atoms with Crippen LogP contribution >= 0.6 is 0 Å². The Morgan fingerprint density at radius 2 is 1.58 bits per heavy atom. The number of benzene rings is 1. The van der Waals surface area contributed by atoms with Gasteiger partial charge in [0.15, 0.2) is 0 Å². The van der Waals surface area contributed by atoms with Gasteiger partial charge in [0, 0.05) is 38.2 Å². The van der Waals surface area contributed by atoms with Crippen LogP contribution in [0.5, 0.6) is 0 Å². The summed E-state index contributed by atoms with van der Waals surface area (Å²) in [6.07, 6.45) is 4.43. The summed E-state index contributed by atoms with van der Waals surface area (Å²) in [5.74, 6) is -0.571. The minimum absolute atomic E-state index is 0.125. The number of carbonyl (C=O) groups is 3. The molecule has 0 unspecified atom stereocenters. The monoisotopic (exact) mass is 358 g/mol. The number of hydrogen-bond donors (Lipinski definition) is 1. The highest BCUT2D eigenvalue weighted by Gasteiger charge is 2.27. The van der Waals surface area contributed by atoms with E-state index in [0.29, 0.717) is 31.0 Å². The van der Waals surface area contributed by atoms with Crippen LogP contribution in [-0.4, -0.2) is 58.9 Å². The summed E-state index contributed by atoms with van der Waals surface area (Å²) in [4.78, 5) is 39.9. The number of piperidine rings is 1. The van der Waals surface area contributed by atoms with Crippen molar-refractivity contribution < 1.29 is 19.5 Å². The van der Waals surface area contributed by atoms with E-state index in [1.54, 1.807) is 24.0 Å². The number of amides is 2. The van der Waals surface area contributed by atoms with Crippen LogP contribution < -0.4 is 0 Å². The molecular weight excluding hydrogens is 332 g/mol. The number of aromatic carboxylic acids is 1. The first-order valence-electron chi connectivity index (χ1n) is 9.36. The Labute approximate surface area is 153 Å². The standard InChI is InChI=1S/C20H26N2O4/c1-14-10-16(13-17(11-14)20(25)26)19(24)22-8-4-15(5-9-22)12-18(23)21-6-2-3-7-21/h10-11,13,15H,2-9,12H2,1H3,(H,25,26). The maximum Gasteiger partial charge on any atom is 0.335 e. The number of nitrogens with zero attached hydrogens (tertiary/aromatic N) is 2. The van der Waals surface area contributed by atoms with Gasteiger partial charge >= 0.3 is 5.97 Å². The molecule has 2 amide bonds. The molecule has 26 heavy (non-hydrogen) atoms. The van der Waals surface area contributed by atoms with E-state index in [-0.39, 0.29) is 17.4 Å². The van der Waals surface area contributed by atoms with Gasteiger partial charge in [-0.15, -0.1) is 0 Å². The molecule has 3 rings (SSSR count). The lowest BCUT2D eigenvalue weighted by Crippen LogP contribution is -2.40. The number of carboxylic acid groups (broad SMARTS) is 1. The lowest BCUT2D eigenvalue weighted by atomic mass is 9.92. The molecule has 6 heteroatoms. The topological polar surface area (TPSA) is 77.9 Å². The van der Waals surface area contributed by atoms with Crippen LogP contribution in [0.25, 0.3) is 0 Å². The van der Waals surface area contributed by atoms with Crippen LogP contribution in [0.15, 0.2) is 18.2 Å². The lowest BCUT2D eigenvalue weighted by Gasteiger charge is -2.32. The molecule has 2 aliphatic heterocycles. The molecular formula is C20H26N2O4. The molecule has 1 N–H and O–H groups in total. The zero-order chi connectivity index (χ0) is 18.7. The maximum atomic E-state index is 12.7. The van der Waals surface area contributed by atoms with Gasteiger partial charge in [-0.1, -0.05) is 0 Å². The van der Waals surface area contributed by atoms with E-state index in [1.165, 1.54) is 6.07 Å². The minimum atomic E-state index is -1.03. The molecule has 1 aromatic carbocycles. The Morgan fingerprint density at radius 3 is 2.19 bits per heavy atom. The largest absolute Gasteiger partial charge is 0.478 e. The van der Waals surface area contributed by atoms with E-state index in [0.717, 1.165) is 44.3 Å². The molecule has 0 saturated carbocycles. The van der Waals surface area contributed by atoms with Gasteiger partial charge in [0.2, 0.25) is 5.91 Å². The molecule has 2 heterocycles. The van der Waals surface area contributed by atoms with E-state index in [9.17, 15) is 19.5 Å². The first-order valence-corrected chi connectivity index (χ1v) is 9.36. The van der Waals surface area contributed by atoms with E-state index in [1.807, 2.05) is 4.90 Å². The van der Waals surface area contributed by atoms with Gasteiger partial charge in [0.1, 0.15) is 0 Å². The fraction of sp³-hybridized carbons (Fsp3) is 0.550. The van der Waals surface area contributed by atoms with Crippen molar-refractivity contribution in [2.45, 2.75) is 39.0 Å². The predicted octanol–water partition coefficient (Wildman–Crippen LogP) is 2.56. The molecule has 0 aromatic heterocycles. The number of carbonyl (C=O) groups excluding carboxylic acids is 2. The molecule has 0 radical (unpaired) electrons. The van der Waals surface area contributed by atoms with Crippen LogP contribution in [0.2, 0.25) is 0 Å². The van der Waals surface area contributed by atoms with Crippen molar-refractivity contribution in [2.24, 2.45) is 5.92 Å². The van der Waals surface area contributed by atoms with Gasteiger partial charge in [0.25, 0.3) is 5.91 Å². The highest BCUT2D eigenvalue weighted by Crippen LogP contribution is 2.24. The summed E-state index contributed by atoms with van der Waals surface area (Å²) in [7, 11) is 0. The second kappa shape index (κ2) is 7.89. The Hall–Kier alpha value is -2.37. The van der Waals surface area contributed by atoms with E-state index < -0.39 is 5.97 Å². The lowest BCUT2D eigenvalue weighted by molar-refractivity contribution is -0.131. The average Bonchev–Trinajstić information content (AvgIpc) is 3.16. The van der Waals surface area contributed by atoms with Gasteiger partial charge in [-0.25, -0.2) is 4.79 Å². The van der Waals surface area contributed by atoms with E-state index in [4.69, 9.17) is 0 Å². The molecule has 2 fully saturated rings. The summed E-state index contributed by atoms with van der Waals surface area (Å²) in [6, 6.07) is 4.74. The molecule has 2 aliphatic rings. The van der Waals surface area contributed by atoms with Gasteiger partial charge in [-0.2, -0.15) is 0 Å². The fourth-order valence-corrected chi connectivity index (χ4v) is 3.90. The second-order valence-corrected chi connectivity index (χ2v) is 7.42. The number of aryl methyl sites for hydroxylation is 1. The molecule has 0 atom stereocenters. The SMILES string of the molecule is Cc1cc(C(=O)O)cc(C(=O)N2CCC(CC(=O)N3CCCC3)CC2)c1. The van der Waals surface area contributed by atoms with Gasteiger partial charge in [-0.05, 0) is 62.3 Å². The first-order chi connectivity index (χ1) is 12.4. The predicted molar refractivity (Wildman–Crippen MR) is 97.2 cm³/mol. The first kappa shape index (κ1) is 18.4. The molecule has 6 nitrogen and oxygen atoms in total. The van der Waals surface area contributed by atoms with Crippen molar-refractivity contribution >= 4 is 17.8 Å². The van der Waals surface area contributed by atoms with E-state index >= 15 is 0 Å². The third kappa shape index (κ3) is 4.23. The van der Waals surface area contributed by atoms with Crippen molar-refractivity contribution in [3.63, 3.8) is 0 Å². The Morgan fingerprint density at radius 1 is 0.962 bits per heavy atom. The van der Waals surface area contributed by atoms with Crippen molar-refractivity contribution in [1.82, 2.24) is 9.80 Å². The molecule has 0 aliphatic carbocycles. The smallest absolute Gasteiger partial charge is 0.335 e. The molecule has 2 saturated heterocycles. The normalized spacial score (nSPS) is 18.2. The third-order valence-corrected chi connectivity index (χ3v) is 5.40. The quantitative estimate of drug-likeness (QED) is 0.897. The number of rotatable bonds is 4. The van der Waals surface area contributed by atoms with Crippen LogP contribution in [0.4, 0.5) is 0 Å². The molecule has 0 spiro atoms. The third-order valence-electron chi connectivity index (χ3n) is 5.40. The highest BCUT2D eigenvalue weighted by molar-refractivity contribution is 5.97. The maximum absolute atomic E-state index is 12.7. The number of carboxylic acids is 1. The van der Waals surface area contributed by atoms with Crippen molar-refractivity contribution in [1.29, 1.82) is 0 Å². The van der Waals surface area contributed by atoms with E-state index in [2.05, 4.69) is 0 Å². The average molecular weight is 358 g/mol. The van der Waals surface area contributed by atoms with Crippen LogP contribution in [-0.2, 0) is 4.79 Å². The van der Waals surface area contributed by atoms with Crippen molar-refractivity contribution in [3.05, 3.63) is 34.9 Å². The van der Waals surface area contributed by atoms with Crippen molar-refractivity contribution in [2.75, 3.05) is 26.2 Å². The fourth-order valence-electron chi connectivity index (χ4n) is 3.90. The summed E-state index contributed by atoms with van der Waals surface area (Å²) >= 11 is 0. The van der Waals surface area contributed by atoms with Crippen LogP contribution in [0, 0.1) is 12.8 Å². The highest BCUT2D eigenvalue weighted by atomic mass is 16.4. The molecule has 1 aromatic rings. The Balaban J connectivity index is 1.56. The van der Waals surface area contributed by atoms with Gasteiger partial charge in [0.05, 0.1) is 5.56 Å². The summed E-state index contributed by atoms with van der Waals surface area (Å²) in [6.45, 7) is 4.80. The summed E-state index contributed by atoms with van der Waals surface area (Å²) in [5.41, 5.74) is 1.33. The molecule has 140 valence electrons. The van der Waals surface area contributed by atoms with Crippen molar-refractivity contribution in [3.8, 4) is 0 Å². The number of hydrogen-bond acceptors (Lipinski definition) is 3. The molecule has 0 bridgehead atoms. The Bertz CT molecular complexity index is 702. The second-order valence-electron chi connectivity index (χ2n) is 7.42. The van der Waals surface area contributed by atoms with Gasteiger partial charge < -0.3 is 14.9 Å². The summed E-state index contributed by atoms with van der Waals surface area (Å²) in [5, 5.41) is 9.17. The van der Waals surface area contributed by atoms with Crippen LogP contribution in [0.1, 0.15) is 58.4 Å². The summed E-state index contributed by atoms with van der Waals surface area (Å²) < 4.78 is 0. The minimum Gasteiger partial charge on any atom is -0.478 e.